The summed E-state index contributed by atoms with van der Waals surface area (Å²) in [6.45, 7) is 0. The highest BCUT2D eigenvalue weighted by atomic mass is 16.5. The summed E-state index contributed by atoms with van der Waals surface area (Å²) in [7, 11) is 1.37. The Hall–Kier alpha value is -1.09. The van der Waals surface area contributed by atoms with Crippen molar-refractivity contribution in [1.29, 1.82) is 0 Å². The Morgan fingerprint density at radius 2 is 2.55 bits per heavy atom. The molecule has 1 aliphatic carbocycles. The lowest BCUT2D eigenvalue weighted by atomic mass is 10.0. The molecule has 60 valence electrons. The molecule has 0 saturated carbocycles. The first kappa shape index (κ1) is 8.01. The summed E-state index contributed by atoms with van der Waals surface area (Å²) in [5.74, 6) is -0.287. The van der Waals surface area contributed by atoms with Crippen molar-refractivity contribution in [3.8, 4) is 0 Å². The molecule has 1 aliphatic rings. The minimum Gasteiger partial charge on any atom is -0.466 e. The van der Waals surface area contributed by atoms with Crippen LogP contribution in [0.4, 0.5) is 0 Å². The van der Waals surface area contributed by atoms with E-state index in [0.29, 0.717) is 12.0 Å². The van der Waals surface area contributed by atoms with Crippen LogP contribution in [-0.4, -0.2) is 19.1 Å². The predicted octanol–water partition coefficient (Wildman–Crippen LogP) is 0.373. The van der Waals surface area contributed by atoms with Gasteiger partial charge in [0.05, 0.1) is 7.11 Å². The van der Waals surface area contributed by atoms with Gasteiger partial charge in [-0.05, 0) is 6.42 Å². The fraction of sp³-hybridized carbons (Fsp3) is 0.375. The maximum atomic E-state index is 10.9. The first-order valence-electron chi connectivity index (χ1n) is 3.45. The van der Waals surface area contributed by atoms with Gasteiger partial charge in [0, 0.05) is 11.6 Å². The highest BCUT2D eigenvalue weighted by Gasteiger charge is 2.13. The maximum absolute atomic E-state index is 10.9. The van der Waals surface area contributed by atoms with Gasteiger partial charge >= 0.3 is 5.97 Å². The smallest absolute Gasteiger partial charge is 0.333 e. The standard InChI is InChI=1S/C8H11NO2/c1-11-8(10)6-3-2-4-7(9)5-6/h2-4,7H,5,9H2,1H3. The monoisotopic (exact) mass is 153 g/mol. The highest BCUT2D eigenvalue weighted by molar-refractivity contribution is 5.89. The topological polar surface area (TPSA) is 52.3 Å². The molecule has 0 aromatic rings. The van der Waals surface area contributed by atoms with Gasteiger partial charge in [0.25, 0.3) is 0 Å². The average molecular weight is 153 g/mol. The quantitative estimate of drug-likeness (QED) is 0.554. The molecule has 1 atom stereocenters. The molecule has 0 saturated heterocycles. The van der Waals surface area contributed by atoms with E-state index in [9.17, 15) is 4.79 Å². The Kier molecular flexibility index (Phi) is 2.44. The Morgan fingerprint density at radius 3 is 3.09 bits per heavy atom. The van der Waals surface area contributed by atoms with E-state index in [2.05, 4.69) is 4.74 Å². The molecular formula is C8H11NO2. The molecule has 1 unspecified atom stereocenters. The van der Waals surface area contributed by atoms with Gasteiger partial charge < -0.3 is 10.5 Å². The first-order chi connectivity index (χ1) is 5.24. The van der Waals surface area contributed by atoms with Crippen molar-refractivity contribution in [3.05, 3.63) is 23.8 Å². The second-order valence-electron chi connectivity index (χ2n) is 2.44. The van der Waals surface area contributed by atoms with Crippen LogP contribution in [0.3, 0.4) is 0 Å². The fourth-order valence-corrected chi connectivity index (χ4v) is 0.987. The third kappa shape index (κ3) is 1.91. The molecule has 0 bridgehead atoms. The van der Waals surface area contributed by atoms with Gasteiger partial charge in [-0.25, -0.2) is 4.79 Å². The fourth-order valence-electron chi connectivity index (χ4n) is 0.987. The van der Waals surface area contributed by atoms with Crippen molar-refractivity contribution < 1.29 is 9.53 Å². The lowest BCUT2D eigenvalue weighted by Crippen LogP contribution is -2.22. The number of allylic oxidation sites excluding steroid dienone is 2. The van der Waals surface area contributed by atoms with E-state index in [0.717, 1.165) is 0 Å². The van der Waals surface area contributed by atoms with E-state index in [1.54, 1.807) is 12.2 Å². The van der Waals surface area contributed by atoms with Gasteiger partial charge in [0.15, 0.2) is 0 Å². The molecule has 0 spiro atoms. The SMILES string of the molecule is COC(=O)C1=CC=CC(N)C1. The molecule has 11 heavy (non-hydrogen) atoms. The van der Waals surface area contributed by atoms with Gasteiger partial charge in [-0.15, -0.1) is 0 Å². The van der Waals surface area contributed by atoms with Crippen LogP contribution in [0.2, 0.25) is 0 Å². The third-order valence-corrected chi connectivity index (χ3v) is 1.56. The van der Waals surface area contributed by atoms with Crippen LogP contribution in [0.5, 0.6) is 0 Å². The zero-order valence-corrected chi connectivity index (χ0v) is 6.41. The van der Waals surface area contributed by atoms with Crippen LogP contribution in [0, 0.1) is 0 Å². The van der Waals surface area contributed by atoms with E-state index >= 15 is 0 Å². The zero-order chi connectivity index (χ0) is 8.27. The third-order valence-electron chi connectivity index (χ3n) is 1.56. The number of methoxy groups -OCH3 is 1. The Bertz CT molecular complexity index is 218. The summed E-state index contributed by atoms with van der Waals surface area (Å²) in [5, 5.41) is 0. The molecule has 3 heteroatoms. The Morgan fingerprint density at radius 1 is 1.82 bits per heavy atom. The lowest BCUT2D eigenvalue weighted by molar-refractivity contribution is -0.136. The van der Waals surface area contributed by atoms with Crippen molar-refractivity contribution in [3.63, 3.8) is 0 Å². The second-order valence-corrected chi connectivity index (χ2v) is 2.44. The minimum absolute atomic E-state index is 0.0471. The van der Waals surface area contributed by atoms with Crippen molar-refractivity contribution in [2.24, 2.45) is 5.73 Å². The largest absolute Gasteiger partial charge is 0.466 e. The number of carbonyl (C=O) groups is 1. The van der Waals surface area contributed by atoms with E-state index in [1.165, 1.54) is 7.11 Å². The summed E-state index contributed by atoms with van der Waals surface area (Å²) >= 11 is 0. The van der Waals surface area contributed by atoms with E-state index in [4.69, 9.17) is 5.73 Å². The van der Waals surface area contributed by atoms with Crippen LogP contribution >= 0.6 is 0 Å². The van der Waals surface area contributed by atoms with Crippen molar-refractivity contribution in [1.82, 2.24) is 0 Å². The van der Waals surface area contributed by atoms with Gasteiger partial charge in [0.1, 0.15) is 0 Å². The molecule has 0 aromatic heterocycles. The van der Waals surface area contributed by atoms with Crippen LogP contribution in [0.25, 0.3) is 0 Å². The lowest BCUT2D eigenvalue weighted by Gasteiger charge is -2.11. The zero-order valence-electron chi connectivity index (χ0n) is 6.41. The van der Waals surface area contributed by atoms with Gasteiger partial charge in [0.2, 0.25) is 0 Å². The summed E-state index contributed by atoms with van der Waals surface area (Å²) < 4.78 is 4.54. The van der Waals surface area contributed by atoms with E-state index in [-0.39, 0.29) is 12.0 Å². The summed E-state index contributed by atoms with van der Waals surface area (Å²) in [6.07, 6.45) is 5.94. The van der Waals surface area contributed by atoms with E-state index in [1.807, 2.05) is 6.08 Å². The molecule has 2 N–H and O–H groups in total. The van der Waals surface area contributed by atoms with Crippen LogP contribution in [0.15, 0.2) is 23.8 Å². The van der Waals surface area contributed by atoms with E-state index < -0.39 is 0 Å². The molecular weight excluding hydrogens is 142 g/mol. The number of nitrogens with two attached hydrogens (primary N) is 1. The summed E-state index contributed by atoms with van der Waals surface area (Å²) in [5.41, 5.74) is 6.22. The van der Waals surface area contributed by atoms with Gasteiger partial charge in [-0.2, -0.15) is 0 Å². The van der Waals surface area contributed by atoms with Crippen molar-refractivity contribution in [2.75, 3.05) is 7.11 Å². The molecule has 0 aromatic carbocycles. The Balaban J connectivity index is 2.66. The molecule has 0 aliphatic heterocycles. The summed E-state index contributed by atoms with van der Waals surface area (Å²) in [4.78, 5) is 10.9. The second kappa shape index (κ2) is 3.34. The van der Waals surface area contributed by atoms with Crippen molar-refractivity contribution >= 4 is 5.97 Å². The number of hydrogen-bond acceptors (Lipinski definition) is 3. The van der Waals surface area contributed by atoms with Crippen LogP contribution in [0.1, 0.15) is 6.42 Å². The molecule has 1 rings (SSSR count). The normalized spacial score (nSPS) is 22.7. The predicted molar refractivity (Wildman–Crippen MR) is 41.8 cm³/mol. The highest BCUT2D eigenvalue weighted by Crippen LogP contribution is 2.11. The van der Waals surface area contributed by atoms with Crippen LogP contribution < -0.4 is 5.73 Å². The molecule has 0 amide bonds. The van der Waals surface area contributed by atoms with Gasteiger partial charge in [-0.3, -0.25) is 0 Å². The number of hydrogen-bond donors (Lipinski definition) is 1. The molecule has 0 radical (unpaired) electrons. The van der Waals surface area contributed by atoms with Gasteiger partial charge in [-0.1, -0.05) is 18.2 Å². The minimum atomic E-state index is -0.287. The molecule has 3 nitrogen and oxygen atoms in total. The first-order valence-corrected chi connectivity index (χ1v) is 3.45. The number of esters is 1. The molecule has 0 heterocycles. The Labute approximate surface area is 65.5 Å². The number of ether oxygens (including phenoxy) is 1. The number of carbonyl (C=O) groups excluding carboxylic acids is 1. The van der Waals surface area contributed by atoms with Crippen LogP contribution in [-0.2, 0) is 9.53 Å². The summed E-state index contributed by atoms with van der Waals surface area (Å²) in [6, 6.07) is -0.0471. The molecule has 0 fully saturated rings. The van der Waals surface area contributed by atoms with Crippen molar-refractivity contribution in [2.45, 2.75) is 12.5 Å². The average Bonchev–Trinajstić information content (AvgIpc) is 2.03. The number of rotatable bonds is 1. The maximum Gasteiger partial charge on any atom is 0.333 e.